The molecule has 0 aliphatic heterocycles. The Labute approximate surface area is 121 Å². The molecule has 1 unspecified atom stereocenters. The van der Waals surface area contributed by atoms with Gasteiger partial charge in [-0.05, 0) is 41.5 Å². The van der Waals surface area contributed by atoms with Gasteiger partial charge in [0.25, 0.3) is 0 Å². The minimum atomic E-state index is -1.09. The van der Waals surface area contributed by atoms with Gasteiger partial charge in [-0.15, -0.1) is 0 Å². The van der Waals surface area contributed by atoms with Gasteiger partial charge >= 0.3 is 0 Å². The molecule has 0 saturated carbocycles. The molecule has 1 atom stereocenters. The Kier molecular flexibility index (Phi) is 2.59. The number of rotatable bonds is 1. The van der Waals surface area contributed by atoms with Gasteiger partial charge in [-0.2, -0.15) is 0 Å². The molecule has 0 spiro atoms. The number of pyridine rings is 1. The Morgan fingerprint density at radius 1 is 1.05 bits per heavy atom. The van der Waals surface area contributed by atoms with Crippen LogP contribution >= 0.6 is 0 Å². The van der Waals surface area contributed by atoms with Gasteiger partial charge in [0.1, 0.15) is 11.4 Å². The van der Waals surface area contributed by atoms with Crippen LogP contribution in [0.2, 0.25) is 0 Å². The Bertz CT molecular complexity index is 840. The fraction of sp³-hybridized carbons (Fsp3) is 0.167. The standard InChI is InChI=1S/C18H14FNO/c19-14-5-6-16-12(9-14)7-8-18(16,21)17-11-20-10-13-3-1-2-4-15(13)17/h1-6,9-11,21H,7-8H2. The topological polar surface area (TPSA) is 33.1 Å². The molecular weight excluding hydrogens is 265 g/mol. The number of aliphatic hydroxyl groups is 1. The highest BCUT2D eigenvalue weighted by molar-refractivity contribution is 5.86. The predicted octanol–water partition coefficient (Wildman–Crippen LogP) is 3.56. The molecule has 1 heterocycles. The smallest absolute Gasteiger partial charge is 0.123 e. The molecule has 21 heavy (non-hydrogen) atoms. The van der Waals surface area contributed by atoms with Gasteiger partial charge < -0.3 is 5.11 Å². The fourth-order valence-electron chi connectivity index (χ4n) is 3.35. The van der Waals surface area contributed by atoms with Crippen LogP contribution in [0, 0.1) is 5.82 Å². The molecule has 3 aromatic rings. The molecule has 0 radical (unpaired) electrons. The first-order valence-electron chi connectivity index (χ1n) is 7.03. The lowest BCUT2D eigenvalue weighted by Gasteiger charge is -2.25. The Morgan fingerprint density at radius 2 is 1.90 bits per heavy atom. The highest BCUT2D eigenvalue weighted by Crippen LogP contribution is 2.44. The van der Waals surface area contributed by atoms with E-state index < -0.39 is 5.60 Å². The summed E-state index contributed by atoms with van der Waals surface area (Å²) in [6.45, 7) is 0. The van der Waals surface area contributed by atoms with Gasteiger partial charge in [-0.3, -0.25) is 4.98 Å². The Balaban J connectivity index is 1.98. The molecule has 1 aliphatic carbocycles. The van der Waals surface area contributed by atoms with Crippen molar-refractivity contribution in [2.24, 2.45) is 0 Å². The molecular formula is C18H14FNO. The number of aromatic nitrogens is 1. The number of halogens is 1. The Morgan fingerprint density at radius 3 is 2.81 bits per heavy atom. The van der Waals surface area contributed by atoms with E-state index in [1.54, 1.807) is 18.5 Å². The third-order valence-electron chi connectivity index (χ3n) is 4.38. The van der Waals surface area contributed by atoms with Crippen LogP contribution < -0.4 is 0 Å². The number of nitrogens with zero attached hydrogens (tertiary/aromatic N) is 1. The second-order valence-corrected chi connectivity index (χ2v) is 5.57. The van der Waals surface area contributed by atoms with Gasteiger partial charge in [0.2, 0.25) is 0 Å². The summed E-state index contributed by atoms with van der Waals surface area (Å²) in [6, 6.07) is 12.5. The summed E-state index contributed by atoms with van der Waals surface area (Å²) in [6.07, 6.45) is 4.75. The molecule has 1 aromatic heterocycles. The van der Waals surface area contributed by atoms with Gasteiger partial charge in [-0.1, -0.05) is 30.3 Å². The summed E-state index contributed by atoms with van der Waals surface area (Å²) in [5, 5.41) is 13.2. The average molecular weight is 279 g/mol. The van der Waals surface area contributed by atoms with E-state index in [9.17, 15) is 9.50 Å². The van der Waals surface area contributed by atoms with E-state index in [0.717, 1.165) is 27.5 Å². The van der Waals surface area contributed by atoms with Crippen molar-refractivity contribution in [1.82, 2.24) is 4.98 Å². The molecule has 2 aromatic carbocycles. The molecule has 4 rings (SSSR count). The third-order valence-corrected chi connectivity index (χ3v) is 4.38. The maximum atomic E-state index is 13.4. The van der Waals surface area contributed by atoms with Crippen molar-refractivity contribution >= 4 is 10.8 Å². The average Bonchev–Trinajstić information content (AvgIpc) is 2.84. The van der Waals surface area contributed by atoms with Crippen molar-refractivity contribution < 1.29 is 9.50 Å². The number of fused-ring (bicyclic) bond motifs is 2. The zero-order valence-corrected chi connectivity index (χ0v) is 11.4. The third kappa shape index (κ3) is 1.78. The lowest BCUT2D eigenvalue weighted by Crippen LogP contribution is -2.24. The van der Waals surface area contributed by atoms with Crippen LogP contribution in [-0.2, 0) is 12.0 Å². The van der Waals surface area contributed by atoms with Crippen LogP contribution in [0.25, 0.3) is 10.8 Å². The van der Waals surface area contributed by atoms with E-state index >= 15 is 0 Å². The second kappa shape index (κ2) is 4.37. The number of hydrogen-bond donors (Lipinski definition) is 1. The Hall–Kier alpha value is -2.26. The summed E-state index contributed by atoms with van der Waals surface area (Å²) in [4.78, 5) is 4.26. The minimum Gasteiger partial charge on any atom is -0.380 e. The van der Waals surface area contributed by atoms with Gasteiger partial charge in [0, 0.05) is 23.3 Å². The second-order valence-electron chi connectivity index (χ2n) is 5.57. The zero-order valence-electron chi connectivity index (χ0n) is 11.4. The van der Waals surface area contributed by atoms with E-state index in [-0.39, 0.29) is 5.82 Å². The number of benzene rings is 2. The molecule has 104 valence electrons. The molecule has 0 bridgehead atoms. The molecule has 1 aliphatic rings. The summed E-state index contributed by atoms with van der Waals surface area (Å²) in [5.41, 5.74) is 1.38. The van der Waals surface area contributed by atoms with Crippen molar-refractivity contribution in [3.05, 3.63) is 77.4 Å². The van der Waals surface area contributed by atoms with Crippen molar-refractivity contribution in [3.63, 3.8) is 0 Å². The molecule has 2 nitrogen and oxygen atoms in total. The minimum absolute atomic E-state index is 0.256. The quantitative estimate of drug-likeness (QED) is 0.739. The zero-order chi connectivity index (χ0) is 14.4. The van der Waals surface area contributed by atoms with E-state index in [1.165, 1.54) is 12.1 Å². The highest BCUT2D eigenvalue weighted by Gasteiger charge is 2.39. The van der Waals surface area contributed by atoms with E-state index in [2.05, 4.69) is 4.98 Å². The van der Waals surface area contributed by atoms with Crippen LogP contribution in [0.4, 0.5) is 4.39 Å². The van der Waals surface area contributed by atoms with Crippen LogP contribution in [0.3, 0.4) is 0 Å². The van der Waals surface area contributed by atoms with Crippen LogP contribution in [0.15, 0.2) is 54.9 Å². The first-order valence-corrected chi connectivity index (χ1v) is 7.03. The van der Waals surface area contributed by atoms with Crippen molar-refractivity contribution in [3.8, 4) is 0 Å². The maximum absolute atomic E-state index is 13.4. The van der Waals surface area contributed by atoms with Crippen molar-refractivity contribution in [1.29, 1.82) is 0 Å². The maximum Gasteiger partial charge on any atom is 0.123 e. The first-order chi connectivity index (χ1) is 10.2. The summed E-state index contributed by atoms with van der Waals surface area (Å²) >= 11 is 0. The van der Waals surface area contributed by atoms with E-state index in [1.807, 2.05) is 24.3 Å². The van der Waals surface area contributed by atoms with Crippen LogP contribution in [0.1, 0.15) is 23.1 Å². The summed E-state index contributed by atoms with van der Waals surface area (Å²) < 4.78 is 13.4. The fourth-order valence-corrected chi connectivity index (χ4v) is 3.35. The van der Waals surface area contributed by atoms with E-state index in [4.69, 9.17) is 0 Å². The van der Waals surface area contributed by atoms with Crippen molar-refractivity contribution in [2.75, 3.05) is 0 Å². The summed E-state index contributed by atoms with van der Waals surface area (Å²) in [7, 11) is 0. The van der Waals surface area contributed by atoms with Gasteiger partial charge in [0.15, 0.2) is 0 Å². The monoisotopic (exact) mass is 279 g/mol. The molecule has 0 saturated heterocycles. The molecule has 3 heteroatoms. The van der Waals surface area contributed by atoms with Gasteiger partial charge in [-0.25, -0.2) is 4.39 Å². The lowest BCUT2D eigenvalue weighted by molar-refractivity contribution is 0.0841. The normalized spacial score (nSPS) is 20.7. The largest absolute Gasteiger partial charge is 0.380 e. The van der Waals surface area contributed by atoms with Crippen LogP contribution in [-0.4, -0.2) is 10.1 Å². The number of hydrogen-bond acceptors (Lipinski definition) is 2. The molecule has 1 N–H and O–H groups in total. The number of aryl methyl sites for hydroxylation is 1. The SMILES string of the molecule is OC1(c2cncc3ccccc23)CCc2cc(F)ccc21. The van der Waals surface area contributed by atoms with Crippen LogP contribution in [0.5, 0.6) is 0 Å². The summed E-state index contributed by atoms with van der Waals surface area (Å²) in [5.74, 6) is -0.256. The van der Waals surface area contributed by atoms with Crippen molar-refractivity contribution in [2.45, 2.75) is 18.4 Å². The van der Waals surface area contributed by atoms with Gasteiger partial charge in [0.05, 0.1) is 0 Å². The molecule has 0 amide bonds. The lowest BCUT2D eigenvalue weighted by atomic mass is 9.86. The first kappa shape index (κ1) is 12.5. The highest BCUT2D eigenvalue weighted by atomic mass is 19.1. The molecule has 0 fully saturated rings. The van der Waals surface area contributed by atoms with E-state index in [0.29, 0.717) is 12.8 Å². The predicted molar refractivity (Wildman–Crippen MR) is 79.5 cm³/mol.